The molecule has 0 spiro atoms. The molecule has 34 heavy (non-hydrogen) atoms. The highest BCUT2D eigenvalue weighted by atomic mass is 35.5. The van der Waals surface area contributed by atoms with E-state index in [1.54, 1.807) is 35.4 Å². The molecular weight excluding hydrogens is 471 g/mol. The molecular formula is C26H20Cl2N4O2. The van der Waals surface area contributed by atoms with Gasteiger partial charge in [0.15, 0.2) is 0 Å². The number of amides is 3. The summed E-state index contributed by atoms with van der Waals surface area (Å²) in [4.78, 5) is 34.2. The second-order valence-electron chi connectivity index (χ2n) is 7.92. The molecule has 0 saturated carbocycles. The van der Waals surface area contributed by atoms with Gasteiger partial charge in [-0.1, -0.05) is 71.7 Å². The van der Waals surface area contributed by atoms with Crippen LogP contribution in [0.15, 0.2) is 79.0 Å². The van der Waals surface area contributed by atoms with Crippen LogP contribution in [0.1, 0.15) is 15.9 Å². The van der Waals surface area contributed by atoms with Crippen molar-refractivity contribution in [3.8, 4) is 0 Å². The number of fused-ring (bicyclic) bond motifs is 1. The topological polar surface area (TPSA) is 65.5 Å². The third kappa shape index (κ3) is 4.18. The maximum absolute atomic E-state index is 13.2. The van der Waals surface area contributed by atoms with Crippen LogP contribution in [0, 0.1) is 0 Å². The van der Waals surface area contributed by atoms with Crippen LogP contribution in [0.3, 0.4) is 0 Å². The second-order valence-corrected chi connectivity index (χ2v) is 8.74. The minimum Gasteiger partial charge on any atom is -0.320 e. The Bertz CT molecular complexity index is 1370. The summed E-state index contributed by atoms with van der Waals surface area (Å²) >= 11 is 12.4. The quantitative estimate of drug-likeness (QED) is 0.360. The number of rotatable bonds is 5. The van der Waals surface area contributed by atoms with Crippen LogP contribution in [0.5, 0.6) is 0 Å². The molecule has 0 bridgehead atoms. The van der Waals surface area contributed by atoms with Crippen molar-refractivity contribution in [1.82, 2.24) is 9.88 Å². The SMILES string of the molecule is O=C(Nc1cccc2c(N3CCN(Cc4ccccc4)C3=O)ccnc12)c1c(Cl)cccc1Cl. The molecule has 0 unspecified atom stereocenters. The first kappa shape index (κ1) is 22.2. The Hall–Kier alpha value is -3.61. The molecule has 2 heterocycles. The fraction of sp³-hybridized carbons (Fsp3) is 0.115. The standard InChI is InChI=1S/C26H20Cl2N4O2/c27-19-9-5-10-20(28)23(19)25(33)30-21-11-4-8-18-22(12-13-29-24(18)21)32-15-14-31(26(32)34)16-17-6-2-1-3-7-17/h1-13H,14-16H2,(H,30,33). The molecule has 6 nitrogen and oxygen atoms in total. The smallest absolute Gasteiger partial charge is 0.320 e. The van der Waals surface area contributed by atoms with Crippen LogP contribution in [0.2, 0.25) is 10.0 Å². The molecule has 0 radical (unpaired) electrons. The van der Waals surface area contributed by atoms with Gasteiger partial charge in [0, 0.05) is 31.2 Å². The minimum atomic E-state index is -0.429. The number of nitrogens with zero attached hydrogens (tertiary/aromatic N) is 3. The van der Waals surface area contributed by atoms with Crippen molar-refractivity contribution >= 4 is 57.4 Å². The third-order valence-electron chi connectivity index (χ3n) is 5.79. The average Bonchev–Trinajstić information content (AvgIpc) is 3.19. The van der Waals surface area contributed by atoms with Crippen molar-refractivity contribution in [3.63, 3.8) is 0 Å². The fourth-order valence-corrected chi connectivity index (χ4v) is 4.72. The highest BCUT2D eigenvalue weighted by molar-refractivity contribution is 6.40. The molecule has 170 valence electrons. The first-order valence-corrected chi connectivity index (χ1v) is 11.5. The number of hydrogen-bond donors (Lipinski definition) is 1. The summed E-state index contributed by atoms with van der Waals surface area (Å²) in [7, 11) is 0. The van der Waals surface area contributed by atoms with E-state index in [1.807, 2.05) is 53.4 Å². The van der Waals surface area contributed by atoms with Gasteiger partial charge in [-0.05, 0) is 29.8 Å². The highest BCUT2D eigenvalue weighted by Gasteiger charge is 2.30. The van der Waals surface area contributed by atoms with Gasteiger partial charge < -0.3 is 10.2 Å². The molecule has 1 fully saturated rings. The van der Waals surface area contributed by atoms with Gasteiger partial charge in [-0.15, -0.1) is 0 Å². The third-order valence-corrected chi connectivity index (χ3v) is 6.42. The van der Waals surface area contributed by atoms with Crippen molar-refractivity contribution in [2.45, 2.75) is 6.54 Å². The minimum absolute atomic E-state index is 0.0614. The molecule has 8 heteroatoms. The predicted octanol–water partition coefficient (Wildman–Crippen LogP) is 6.24. The maximum atomic E-state index is 13.2. The molecule has 3 amide bonds. The zero-order valence-electron chi connectivity index (χ0n) is 18.0. The predicted molar refractivity (Wildman–Crippen MR) is 136 cm³/mol. The Kier molecular flexibility index (Phi) is 6.09. The Labute approximate surface area is 206 Å². The maximum Gasteiger partial charge on any atom is 0.324 e. The number of anilines is 2. The molecule has 1 aromatic heterocycles. The van der Waals surface area contributed by atoms with Crippen LogP contribution >= 0.6 is 23.2 Å². The normalized spacial score (nSPS) is 13.5. The summed E-state index contributed by atoms with van der Waals surface area (Å²) in [5, 5.41) is 4.16. The number of aromatic nitrogens is 1. The molecule has 4 aromatic rings. The first-order chi connectivity index (χ1) is 16.5. The van der Waals surface area contributed by atoms with Crippen molar-refractivity contribution < 1.29 is 9.59 Å². The van der Waals surface area contributed by atoms with Crippen LogP contribution in [0.25, 0.3) is 10.9 Å². The van der Waals surface area contributed by atoms with Gasteiger partial charge in [-0.25, -0.2) is 4.79 Å². The Morgan fingerprint density at radius 2 is 1.65 bits per heavy atom. The lowest BCUT2D eigenvalue weighted by Gasteiger charge is -2.20. The summed E-state index contributed by atoms with van der Waals surface area (Å²) in [6.07, 6.45) is 1.64. The first-order valence-electron chi connectivity index (χ1n) is 10.8. The van der Waals surface area contributed by atoms with E-state index in [4.69, 9.17) is 23.2 Å². The zero-order valence-corrected chi connectivity index (χ0v) is 19.6. The molecule has 0 atom stereocenters. The van der Waals surface area contributed by atoms with Gasteiger partial charge in [-0.3, -0.25) is 14.7 Å². The molecule has 5 rings (SSSR count). The molecule has 1 aliphatic heterocycles. The number of urea groups is 1. The number of carbonyl (C=O) groups excluding carboxylic acids is 2. The summed E-state index contributed by atoms with van der Waals surface area (Å²) in [5.41, 5.74) is 3.11. The van der Waals surface area contributed by atoms with Crippen molar-refractivity contribution in [2.75, 3.05) is 23.3 Å². The molecule has 1 aliphatic rings. The number of pyridine rings is 1. The Morgan fingerprint density at radius 1 is 0.912 bits per heavy atom. The van der Waals surface area contributed by atoms with Crippen LogP contribution < -0.4 is 10.2 Å². The van der Waals surface area contributed by atoms with E-state index in [-0.39, 0.29) is 21.6 Å². The van der Waals surface area contributed by atoms with E-state index in [2.05, 4.69) is 10.3 Å². The summed E-state index contributed by atoms with van der Waals surface area (Å²) in [6.45, 7) is 1.74. The lowest BCUT2D eigenvalue weighted by atomic mass is 10.1. The largest absolute Gasteiger partial charge is 0.324 e. The van der Waals surface area contributed by atoms with E-state index in [0.29, 0.717) is 30.8 Å². The van der Waals surface area contributed by atoms with Crippen molar-refractivity contribution in [3.05, 3.63) is 100 Å². The summed E-state index contributed by atoms with van der Waals surface area (Å²) in [6, 6.07) is 22.1. The number of para-hydroxylation sites is 1. The van der Waals surface area contributed by atoms with Gasteiger partial charge in [0.25, 0.3) is 5.91 Å². The van der Waals surface area contributed by atoms with E-state index in [1.165, 1.54) is 0 Å². The Morgan fingerprint density at radius 3 is 2.41 bits per heavy atom. The molecule has 0 aliphatic carbocycles. The number of halogens is 2. The molecule has 1 N–H and O–H groups in total. The van der Waals surface area contributed by atoms with Crippen molar-refractivity contribution in [1.29, 1.82) is 0 Å². The Balaban J connectivity index is 1.44. The van der Waals surface area contributed by atoms with Crippen molar-refractivity contribution in [2.24, 2.45) is 0 Å². The number of benzene rings is 3. The number of hydrogen-bond acceptors (Lipinski definition) is 3. The van der Waals surface area contributed by atoms with Gasteiger partial charge >= 0.3 is 6.03 Å². The average molecular weight is 491 g/mol. The van der Waals surface area contributed by atoms with Crippen LogP contribution in [0.4, 0.5) is 16.2 Å². The fourth-order valence-electron chi connectivity index (χ4n) is 4.15. The second kappa shape index (κ2) is 9.33. The monoisotopic (exact) mass is 490 g/mol. The number of carbonyl (C=O) groups is 2. The lowest BCUT2D eigenvalue weighted by molar-refractivity contribution is 0.102. The van der Waals surface area contributed by atoms with E-state index < -0.39 is 5.91 Å². The highest BCUT2D eigenvalue weighted by Crippen LogP contribution is 2.33. The summed E-state index contributed by atoms with van der Waals surface area (Å²) < 4.78 is 0. The van der Waals surface area contributed by atoms with Gasteiger partial charge in [-0.2, -0.15) is 0 Å². The molecule has 1 saturated heterocycles. The summed E-state index contributed by atoms with van der Waals surface area (Å²) in [5.74, 6) is -0.429. The van der Waals surface area contributed by atoms with Gasteiger partial charge in [0.05, 0.1) is 32.5 Å². The number of nitrogens with one attached hydrogen (secondary N) is 1. The van der Waals surface area contributed by atoms with Gasteiger partial charge in [0.1, 0.15) is 0 Å². The van der Waals surface area contributed by atoms with E-state index in [0.717, 1.165) is 16.6 Å². The molecule has 3 aromatic carbocycles. The van der Waals surface area contributed by atoms with E-state index >= 15 is 0 Å². The van der Waals surface area contributed by atoms with Crippen LogP contribution in [-0.2, 0) is 6.54 Å². The van der Waals surface area contributed by atoms with Crippen LogP contribution in [-0.4, -0.2) is 34.9 Å². The zero-order chi connectivity index (χ0) is 23.7. The van der Waals surface area contributed by atoms with Gasteiger partial charge in [0.2, 0.25) is 0 Å². The lowest BCUT2D eigenvalue weighted by Crippen LogP contribution is -2.31. The van der Waals surface area contributed by atoms with E-state index in [9.17, 15) is 9.59 Å².